The number of thioether (sulfide) groups is 1. The topological polar surface area (TPSA) is 17.1 Å². The van der Waals surface area contributed by atoms with Crippen molar-refractivity contribution in [1.29, 1.82) is 0 Å². The third kappa shape index (κ3) is 2.81. The zero-order valence-electron chi connectivity index (χ0n) is 9.91. The fourth-order valence-corrected chi connectivity index (χ4v) is 2.05. The summed E-state index contributed by atoms with van der Waals surface area (Å²) >= 11 is 1.48. The average molecular weight is 282 g/mol. The molecule has 0 aliphatic heterocycles. The molecule has 0 fully saturated rings. The van der Waals surface area contributed by atoms with Gasteiger partial charge in [-0.25, -0.2) is 13.2 Å². The van der Waals surface area contributed by atoms with Crippen molar-refractivity contribution in [3.8, 4) is 0 Å². The molecule has 0 spiro atoms. The molecule has 2 aromatic rings. The highest BCUT2D eigenvalue weighted by molar-refractivity contribution is 7.98. The summed E-state index contributed by atoms with van der Waals surface area (Å²) < 4.78 is 39.8. The van der Waals surface area contributed by atoms with Crippen LogP contribution in [0.15, 0.2) is 41.3 Å². The van der Waals surface area contributed by atoms with Gasteiger partial charge in [-0.15, -0.1) is 11.8 Å². The van der Waals surface area contributed by atoms with Crippen LogP contribution in [0.5, 0.6) is 0 Å². The minimum Gasteiger partial charge on any atom is -0.288 e. The molecule has 0 N–H and O–H groups in total. The fourth-order valence-electron chi connectivity index (χ4n) is 1.65. The van der Waals surface area contributed by atoms with E-state index in [9.17, 15) is 18.0 Å². The van der Waals surface area contributed by atoms with Crippen LogP contribution in [0.2, 0.25) is 0 Å². The van der Waals surface area contributed by atoms with Crippen LogP contribution in [0.3, 0.4) is 0 Å². The number of ketones is 1. The molecule has 0 aliphatic carbocycles. The van der Waals surface area contributed by atoms with E-state index in [4.69, 9.17) is 0 Å². The zero-order valence-corrected chi connectivity index (χ0v) is 10.7. The molecule has 2 rings (SSSR count). The molecule has 0 saturated heterocycles. The molecule has 0 heterocycles. The van der Waals surface area contributed by atoms with Gasteiger partial charge >= 0.3 is 0 Å². The lowest BCUT2D eigenvalue weighted by Crippen LogP contribution is -2.08. The Morgan fingerprint density at radius 1 is 1.00 bits per heavy atom. The van der Waals surface area contributed by atoms with Crippen molar-refractivity contribution in [2.24, 2.45) is 0 Å². The molecule has 0 radical (unpaired) electrons. The lowest BCUT2D eigenvalue weighted by atomic mass is 10.0. The standard InChI is InChI=1S/C14H9F3OS/c1-19-10-4-2-8(3-5-10)14(18)13-11(16)6-9(15)7-12(13)17/h2-7H,1H3. The molecular weight excluding hydrogens is 273 g/mol. The van der Waals surface area contributed by atoms with Gasteiger partial charge in [0.25, 0.3) is 0 Å². The second-order valence-corrected chi connectivity index (χ2v) is 4.68. The van der Waals surface area contributed by atoms with Crippen LogP contribution in [-0.4, -0.2) is 12.0 Å². The number of halogens is 3. The number of carbonyl (C=O) groups excluding carboxylic acids is 1. The Labute approximate surface area is 112 Å². The second kappa shape index (κ2) is 5.48. The first-order valence-electron chi connectivity index (χ1n) is 5.36. The van der Waals surface area contributed by atoms with Crippen molar-refractivity contribution in [2.75, 3.05) is 6.26 Å². The molecule has 0 bridgehead atoms. The Morgan fingerprint density at radius 2 is 1.53 bits per heavy atom. The quantitative estimate of drug-likeness (QED) is 0.624. The van der Waals surface area contributed by atoms with Gasteiger partial charge in [0, 0.05) is 22.6 Å². The van der Waals surface area contributed by atoms with Gasteiger partial charge in [0.1, 0.15) is 17.5 Å². The first kappa shape index (κ1) is 13.7. The van der Waals surface area contributed by atoms with Gasteiger partial charge in [0.15, 0.2) is 5.78 Å². The first-order valence-corrected chi connectivity index (χ1v) is 6.58. The molecule has 1 nitrogen and oxygen atoms in total. The summed E-state index contributed by atoms with van der Waals surface area (Å²) in [5, 5.41) is 0. The zero-order chi connectivity index (χ0) is 14.0. The van der Waals surface area contributed by atoms with Crippen molar-refractivity contribution in [3.05, 3.63) is 65.0 Å². The van der Waals surface area contributed by atoms with E-state index in [0.29, 0.717) is 12.1 Å². The molecule has 5 heteroatoms. The van der Waals surface area contributed by atoms with Crippen molar-refractivity contribution < 1.29 is 18.0 Å². The maximum atomic E-state index is 13.5. The van der Waals surface area contributed by atoms with Gasteiger partial charge < -0.3 is 0 Å². The molecule has 2 aromatic carbocycles. The monoisotopic (exact) mass is 282 g/mol. The smallest absolute Gasteiger partial charge is 0.198 e. The van der Waals surface area contributed by atoms with Gasteiger partial charge in [0.2, 0.25) is 0 Å². The molecule has 0 amide bonds. The lowest BCUT2D eigenvalue weighted by molar-refractivity contribution is 0.103. The van der Waals surface area contributed by atoms with Crippen LogP contribution < -0.4 is 0 Å². The van der Waals surface area contributed by atoms with Crippen LogP contribution in [0.1, 0.15) is 15.9 Å². The van der Waals surface area contributed by atoms with E-state index in [1.807, 2.05) is 6.26 Å². The summed E-state index contributed by atoms with van der Waals surface area (Å²) in [5.41, 5.74) is -0.583. The second-order valence-electron chi connectivity index (χ2n) is 3.80. The van der Waals surface area contributed by atoms with Gasteiger partial charge in [-0.1, -0.05) is 0 Å². The van der Waals surface area contributed by atoms with E-state index < -0.39 is 28.8 Å². The summed E-state index contributed by atoms with van der Waals surface area (Å²) in [6.45, 7) is 0. The molecule has 0 aliphatic rings. The SMILES string of the molecule is CSc1ccc(C(=O)c2c(F)cc(F)cc2F)cc1. The van der Waals surface area contributed by atoms with Crippen molar-refractivity contribution >= 4 is 17.5 Å². The number of hydrogen-bond donors (Lipinski definition) is 0. The summed E-state index contributed by atoms with van der Waals surface area (Å²) in [6, 6.07) is 7.31. The molecule has 0 aromatic heterocycles. The predicted molar refractivity (Wildman–Crippen MR) is 68.0 cm³/mol. The van der Waals surface area contributed by atoms with Crippen LogP contribution in [-0.2, 0) is 0 Å². The van der Waals surface area contributed by atoms with E-state index in [0.717, 1.165) is 4.90 Å². The Balaban J connectivity index is 2.44. The maximum absolute atomic E-state index is 13.5. The highest BCUT2D eigenvalue weighted by Crippen LogP contribution is 2.21. The third-order valence-corrected chi connectivity index (χ3v) is 3.33. The number of rotatable bonds is 3. The van der Waals surface area contributed by atoms with Crippen LogP contribution in [0.25, 0.3) is 0 Å². The summed E-state index contributed by atoms with van der Waals surface area (Å²) in [7, 11) is 0. The maximum Gasteiger partial charge on any atom is 0.198 e. The molecule has 0 saturated carbocycles. The Morgan fingerprint density at radius 3 is 2.00 bits per heavy atom. The lowest BCUT2D eigenvalue weighted by Gasteiger charge is -2.05. The minimum absolute atomic E-state index is 0.155. The van der Waals surface area contributed by atoms with Gasteiger partial charge in [-0.05, 0) is 30.5 Å². The molecule has 19 heavy (non-hydrogen) atoms. The van der Waals surface area contributed by atoms with E-state index >= 15 is 0 Å². The Kier molecular flexibility index (Phi) is 3.95. The Hall–Kier alpha value is -1.75. The molecule has 0 unspecified atom stereocenters. The normalized spacial score (nSPS) is 10.5. The van der Waals surface area contributed by atoms with E-state index in [1.54, 1.807) is 12.1 Å². The van der Waals surface area contributed by atoms with E-state index in [-0.39, 0.29) is 5.56 Å². The molecule has 98 valence electrons. The Bertz CT molecular complexity index is 600. The highest BCUT2D eigenvalue weighted by atomic mass is 32.2. The number of hydrogen-bond acceptors (Lipinski definition) is 2. The average Bonchev–Trinajstić information content (AvgIpc) is 2.37. The van der Waals surface area contributed by atoms with E-state index in [2.05, 4.69) is 0 Å². The van der Waals surface area contributed by atoms with Crippen molar-refractivity contribution in [3.63, 3.8) is 0 Å². The van der Waals surface area contributed by atoms with Gasteiger partial charge in [0.05, 0.1) is 5.56 Å². The molecule has 0 atom stereocenters. The predicted octanol–water partition coefficient (Wildman–Crippen LogP) is 4.06. The van der Waals surface area contributed by atoms with Crippen LogP contribution >= 0.6 is 11.8 Å². The minimum atomic E-state index is -1.20. The number of benzene rings is 2. The van der Waals surface area contributed by atoms with E-state index in [1.165, 1.54) is 23.9 Å². The largest absolute Gasteiger partial charge is 0.288 e. The van der Waals surface area contributed by atoms with Gasteiger partial charge in [-0.2, -0.15) is 0 Å². The number of carbonyl (C=O) groups is 1. The van der Waals surface area contributed by atoms with Crippen molar-refractivity contribution in [1.82, 2.24) is 0 Å². The third-order valence-electron chi connectivity index (χ3n) is 2.59. The highest BCUT2D eigenvalue weighted by Gasteiger charge is 2.20. The first-order chi connectivity index (χ1) is 9.02. The van der Waals surface area contributed by atoms with Crippen LogP contribution in [0, 0.1) is 17.5 Å². The van der Waals surface area contributed by atoms with Crippen LogP contribution in [0.4, 0.5) is 13.2 Å². The van der Waals surface area contributed by atoms with Crippen molar-refractivity contribution in [2.45, 2.75) is 4.90 Å². The van der Waals surface area contributed by atoms with Gasteiger partial charge in [-0.3, -0.25) is 4.79 Å². The molecular formula is C14H9F3OS. The fraction of sp³-hybridized carbons (Fsp3) is 0.0714. The summed E-state index contributed by atoms with van der Waals surface area (Å²) in [6.07, 6.45) is 1.87. The summed E-state index contributed by atoms with van der Waals surface area (Å²) in [5.74, 6) is -4.25. The summed E-state index contributed by atoms with van der Waals surface area (Å²) in [4.78, 5) is 12.9.